The Labute approximate surface area is 126 Å². The number of Topliss-reactive ketones (excluding diaryl/α,β-unsaturated/α-hetero) is 1. The van der Waals surface area contributed by atoms with Crippen LogP contribution in [0.2, 0.25) is 0 Å². The van der Waals surface area contributed by atoms with E-state index >= 15 is 0 Å². The van der Waals surface area contributed by atoms with Gasteiger partial charge >= 0.3 is 5.97 Å². The molecule has 3 rings (SSSR count). The summed E-state index contributed by atoms with van der Waals surface area (Å²) in [4.78, 5) is 28.8. The summed E-state index contributed by atoms with van der Waals surface area (Å²) in [5.74, 6) is 0.231. The standard InChI is InChI=1S/C16H15NO3S/c1-8-4-11(20-10(3)18)5-12-14(19)6-13(15(8)12)16-9(2)17-7-21-16/h4-5,7,13H,6H2,1-3H3. The van der Waals surface area contributed by atoms with Gasteiger partial charge in [0, 0.05) is 29.7 Å². The van der Waals surface area contributed by atoms with Crippen LogP contribution in [-0.2, 0) is 4.79 Å². The molecule has 1 aliphatic carbocycles. The molecule has 0 fully saturated rings. The highest BCUT2D eigenvalue weighted by atomic mass is 32.1. The number of aromatic nitrogens is 1. The third-order valence-electron chi connectivity index (χ3n) is 3.76. The summed E-state index contributed by atoms with van der Waals surface area (Å²) in [6, 6.07) is 3.50. The molecular weight excluding hydrogens is 286 g/mol. The number of hydrogen-bond acceptors (Lipinski definition) is 5. The van der Waals surface area contributed by atoms with Gasteiger partial charge in [-0.1, -0.05) is 0 Å². The van der Waals surface area contributed by atoms with Crippen LogP contribution >= 0.6 is 11.3 Å². The number of thiazole rings is 1. The van der Waals surface area contributed by atoms with Gasteiger partial charge < -0.3 is 4.74 Å². The molecule has 0 radical (unpaired) electrons. The summed E-state index contributed by atoms with van der Waals surface area (Å²) >= 11 is 1.59. The maximum absolute atomic E-state index is 12.3. The zero-order chi connectivity index (χ0) is 15.1. The Balaban J connectivity index is 2.10. The minimum atomic E-state index is -0.380. The molecule has 0 aliphatic heterocycles. The minimum absolute atomic E-state index is 0.0754. The predicted octanol–water partition coefficient (Wildman–Crippen LogP) is 3.40. The van der Waals surface area contributed by atoms with Crippen molar-refractivity contribution in [2.45, 2.75) is 33.1 Å². The van der Waals surface area contributed by atoms with Crippen LogP contribution in [0.25, 0.3) is 0 Å². The van der Waals surface area contributed by atoms with Crippen molar-refractivity contribution in [1.82, 2.24) is 4.98 Å². The number of ether oxygens (including phenoxy) is 1. The number of carbonyl (C=O) groups is 2. The monoisotopic (exact) mass is 301 g/mol. The van der Waals surface area contributed by atoms with Crippen LogP contribution in [0.15, 0.2) is 17.6 Å². The van der Waals surface area contributed by atoms with E-state index in [4.69, 9.17) is 4.74 Å². The Kier molecular flexibility index (Phi) is 3.37. The number of fused-ring (bicyclic) bond motifs is 1. The van der Waals surface area contributed by atoms with Crippen LogP contribution < -0.4 is 4.74 Å². The van der Waals surface area contributed by atoms with Crippen LogP contribution in [0.4, 0.5) is 0 Å². The number of esters is 1. The van der Waals surface area contributed by atoms with Crippen LogP contribution in [0.1, 0.15) is 51.3 Å². The Morgan fingerprint density at radius 3 is 2.76 bits per heavy atom. The molecule has 0 N–H and O–H groups in total. The predicted molar refractivity (Wildman–Crippen MR) is 80.1 cm³/mol. The van der Waals surface area contributed by atoms with Crippen LogP contribution in [0, 0.1) is 13.8 Å². The lowest BCUT2D eigenvalue weighted by Gasteiger charge is -2.13. The van der Waals surface area contributed by atoms with Crippen molar-refractivity contribution in [2.24, 2.45) is 0 Å². The number of ketones is 1. The van der Waals surface area contributed by atoms with Gasteiger partial charge in [0.1, 0.15) is 5.75 Å². The molecule has 21 heavy (non-hydrogen) atoms. The van der Waals surface area contributed by atoms with Crippen molar-refractivity contribution in [1.29, 1.82) is 0 Å². The maximum Gasteiger partial charge on any atom is 0.308 e. The van der Waals surface area contributed by atoms with Gasteiger partial charge in [0.15, 0.2) is 5.78 Å². The first kappa shape index (κ1) is 13.9. The van der Waals surface area contributed by atoms with Crippen LogP contribution in [-0.4, -0.2) is 16.7 Å². The van der Waals surface area contributed by atoms with Crippen molar-refractivity contribution >= 4 is 23.1 Å². The highest BCUT2D eigenvalue weighted by molar-refractivity contribution is 7.09. The van der Waals surface area contributed by atoms with Crippen molar-refractivity contribution < 1.29 is 14.3 Å². The van der Waals surface area contributed by atoms with Crippen molar-refractivity contribution in [3.05, 3.63) is 44.9 Å². The second kappa shape index (κ2) is 5.07. The normalized spacial score (nSPS) is 16.9. The molecule has 0 saturated heterocycles. The van der Waals surface area contributed by atoms with E-state index in [-0.39, 0.29) is 17.7 Å². The summed E-state index contributed by atoms with van der Waals surface area (Å²) in [5, 5.41) is 0. The average Bonchev–Trinajstić information content (AvgIpc) is 2.93. The number of benzene rings is 1. The average molecular weight is 301 g/mol. The van der Waals surface area contributed by atoms with E-state index in [2.05, 4.69) is 4.98 Å². The lowest BCUT2D eigenvalue weighted by molar-refractivity contribution is -0.131. The largest absolute Gasteiger partial charge is 0.427 e. The van der Waals surface area contributed by atoms with Gasteiger partial charge in [-0.05, 0) is 37.1 Å². The fourth-order valence-corrected chi connectivity index (χ4v) is 3.86. The van der Waals surface area contributed by atoms with Gasteiger partial charge in [-0.15, -0.1) is 11.3 Å². The summed E-state index contributed by atoms with van der Waals surface area (Å²) in [6.07, 6.45) is 0.461. The van der Waals surface area contributed by atoms with Gasteiger partial charge in [0.05, 0.1) is 11.2 Å². The Hall–Kier alpha value is -2.01. The molecule has 0 bridgehead atoms. The molecule has 1 atom stereocenters. The summed E-state index contributed by atoms with van der Waals surface area (Å²) < 4.78 is 5.12. The van der Waals surface area contributed by atoms with Crippen molar-refractivity contribution in [3.63, 3.8) is 0 Å². The molecule has 4 nitrogen and oxygen atoms in total. The minimum Gasteiger partial charge on any atom is -0.427 e. The fraction of sp³-hybridized carbons (Fsp3) is 0.312. The molecule has 5 heteroatoms. The molecule has 108 valence electrons. The summed E-state index contributed by atoms with van der Waals surface area (Å²) in [7, 11) is 0. The molecule has 2 aromatic rings. The second-order valence-corrected chi connectivity index (χ2v) is 6.16. The number of hydrogen-bond donors (Lipinski definition) is 0. The zero-order valence-corrected chi connectivity index (χ0v) is 12.9. The van der Waals surface area contributed by atoms with E-state index in [0.717, 1.165) is 21.7 Å². The molecule has 1 heterocycles. The quantitative estimate of drug-likeness (QED) is 0.630. The Morgan fingerprint density at radius 1 is 1.38 bits per heavy atom. The van der Waals surface area contributed by atoms with E-state index < -0.39 is 0 Å². The molecule has 0 spiro atoms. The third kappa shape index (κ3) is 2.38. The van der Waals surface area contributed by atoms with E-state index in [0.29, 0.717) is 17.7 Å². The first-order chi connectivity index (χ1) is 9.97. The van der Waals surface area contributed by atoms with Gasteiger partial charge in [-0.3, -0.25) is 9.59 Å². The fourth-order valence-electron chi connectivity index (χ4n) is 2.95. The lowest BCUT2D eigenvalue weighted by Crippen LogP contribution is -2.04. The van der Waals surface area contributed by atoms with E-state index in [1.807, 2.05) is 25.4 Å². The first-order valence-corrected chi connectivity index (χ1v) is 7.61. The first-order valence-electron chi connectivity index (χ1n) is 6.73. The molecule has 1 unspecified atom stereocenters. The molecule has 1 aromatic heterocycles. The molecule has 1 aromatic carbocycles. The van der Waals surface area contributed by atoms with Crippen LogP contribution in [0.3, 0.4) is 0 Å². The van der Waals surface area contributed by atoms with Gasteiger partial charge in [-0.2, -0.15) is 0 Å². The molecular formula is C16H15NO3S. The molecule has 0 amide bonds. The summed E-state index contributed by atoms with van der Waals surface area (Å²) in [5.41, 5.74) is 5.49. The van der Waals surface area contributed by atoms with Crippen LogP contribution in [0.5, 0.6) is 5.75 Å². The zero-order valence-electron chi connectivity index (χ0n) is 12.1. The van der Waals surface area contributed by atoms with Gasteiger partial charge in [0.2, 0.25) is 0 Å². The van der Waals surface area contributed by atoms with E-state index in [1.165, 1.54) is 6.92 Å². The molecule has 0 saturated carbocycles. The number of carbonyl (C=O) groups excluding carboxylic acids is 2. The number of nitrogens with zero attached hydrogens (tertiary/aromatic N) is 1. The van der Waals surface area contributed by atoms with Gasteiger partial charge in [0.25, 0.3) is 0 Å². The number of aryl methyl sites for hydroxylation is 2. The smallest absolute Gasteiger partial charge is 0.308 e. The number of rotatable bonds is 2. The summed E-state index contributed by atoms with van der Waals surface area (Å²) in [6.45, 7) is 5.28. The van der Waals surface area contributed by atoms with Crippen molar-refractivity contribution in [2.75, 3.05) is 0 Å². The second-order valence-electron chi connectivity index (χ2n) is 5.28. The van der Waals surface area contributed by atoms with E-state index in [9.17, 15) is 9.59 Å². The van der Waals surface area contributed by atoms with Crippen molar-refractivity contribution in [3.8, 4) is 5.75 Å². The maximum atomic E-state index is 12.3. The Bertz CT molecular complexity index is 748. The topological polar surface area (TPSA) is 56.3 Å². The van der Waals surface area contributed by atoms with E-state index in [1.54, 1.807) is 17.4 Å². The SMILES string of the molecule is CC(=O)Oc1cc(C)c2c(c1)C(=O)CC2c1scnc1C. The Morgan fingerprint density at radius 2 is 2.14 bits per heavy atom. The molecule has 1 aliphatic rings. The third-order valence-corrected chi connectivity index (χ3v) is 4.80. The van der Waals surface area contributed by atoms with Gasteiger partial charge in [-0.25, -0.2) is 4.98 Å². The highest BCUT2D eigenvalue weighted by Gasteiger charge is 2.34. The highest BCUT2D eigenvalue weighted by Crippen LogP contribution is 2.43. The lowest BCUT2D eigenvalue weighted by atomic mass is 9.94.